The fraction of sp³-hybridized carbons (Fsp3) is 0.538. The minimum Gasteiger partial charge on any atom is -0.316 e. The number of likely N-dealkylation sites (tertiary alicyclic amines) is 1. The Morgan fingerprint density at radius 3 is 3.11 bits per heavy atom. The number of rotatable bonds is 4. The molecule has 5 nitrogen and oxygen atoms in total. The molecule has 0 amide bonds. The van der Waals surface area contributed by atoms with Gasteiger partial charge in [0, 0.05) is 31.3 Å². The first-order chi connectivity index (χ1) is 8.69. The molecule has 18 heavy (non-hydrogen) atoms. The third kappa shape index (κ3) is 3.27. The number of nitrogens with zero attached hydrogens (tertiary/aromatic N) is 2. The van der Waals surface area contributed by atoms with Gasteiger partial charge in [0.2, 0.25) is 0 Å². The predicted molar refractivity (Wildman–Crippen MR) is 70.5 cm³/mol. The van der Waals surface area contributed by atoms with Gasteiger partial charge in [-0.25, -0.2) is 0 Å². The maximum Gasteiger partial charge on any atom is 0.269 e. The number of nitro groups is 1. The van der Waals surface area contributed by atoms with Crippen molar-refractivity contribution in [1.82, 2.24) is 10.2 Å². The Hall–Kier alpha value is -1.46. The molecule has 1 aliphatic heterocycles. The number of hydrogen-bond acceptors (Lipinski definition) is 4. The summed E-state index contributed by atoms with van der Waals surface area (Å²) in [6.07, 6.45) is 2.39. The smallest absolute Gasteiger partial charge is 0.269 e. The first-order valence-electron chi connectivity index (χ1n) is 6.32. The van der Waals surface area contributed by atoms with E-state index in [1.807, 2.05) is 13.1 Å². The van der Waals surface area contributed by atoms with Crippen LogP contribution < -0.4 is 5.32 Å². The van der Waals surface area contributed by atoms with Crippen LogP contribution in [0.1, 0.15) is 18.4 Å². The first kappa shape index (κ1) is 13.0. The van der Waals surface area contributed by atoms with Gasteiger partial charge < -0.3 is 5.32 Å². The van der Waals surface area contributed by atoms with Gasteiger partial charge in [0.15, 0.2) is 0 Å². The molecule has 0 spiro atoms. The lowest BCUT2D eigenvalue weighted by Crippen LogP contribution is -2.43. The average molecular weight is 249 g/mol. The van der Waals surface area contributed by atoms with Gasteiger partial charge in [-0.05, 0) is 32.0 Å². The average Bonchev–Trinajstić information content (AvgIpc) is 2.39. The summed E-state index contributed by atoms with van der Waals surface area (Å²) in [5, 5.41) is 14.0. The zero-order valence-corrected chi connectivity index (χ0v) is 10.6. The fourth-order valence-electron chi connectivity index (χ4n) is 2.46. The summed E-state index contributed by atoms with van der Waals surface area (Å²) in [6, 6.07) is 7.46. The Morgan fingerprint density at radius 2 is 2.39 bits per heavy atom. The lowest BCUT2D eigenvalue weighted by molar-refractivity contribution is -0.384. The second kappa shape index (κ2) is 5.93. The van der Waals surface area contributed by atoms with Crippen molar-refractivity contribution in [3.8, 4) is 0 Å². The van der Waals surface area contributed by atoms with E-state index in [1.165, 1.54) is 18.9 Å². The molecular formula is C13H19N3O2. The molecule has 0 aromatic heterocycles. The molecule has 0 bridgehead atoms. The van der Waals surface area contributed by atoms with Crippen LogP contribution in [-0.4, -0.2) is 36.0 Å². The molecule has 0 saturated carbocycles. The lowest BCUT2D eigenvalue weighted by Gasteiger charge is -2.32. The van der Waals surface area contributed by atoms with Gasteiger partial charge in [0.1, 0.15) is 0 Å². The number of benzene rings is 1. The highest BCUT2D eigenvalue weighted by Crippen LogP contribution is 2.17. The van der Waals surface area contributed by atoms with Crippen LogP contribution in [0.4, 0.5) is 5.69 Å². The summed E-state index contributed by atoms with van der Waals surface area (Å²) in [7, 11) is 1.99. The van der Waals surface area contributed by atoms with Crippen LogP contribution in [-0.2, 0) is 6.54 Å². The van der Waals surface area contributed by atoms with Crippen LogP contribution in [0.2, 0.25) is 0 Å². The largest absolute Gasteiger partial charge is 0.316 e. The lowest BCUT2D eigenvalue weighted by atomic mass is 10.0. The van der Waals surface area contributed by atoms with E-state index < -0.39 is 0 Å². The normalized spacial score (nSPS) is 20.8. The number of hydrogen-bond donors (Lipinski definition) is 1. The van der Waals surface area contributed by atoms with E-state index >= 15 is 0 Å². The van der Waals surface area contributed by atoms with Crippen LogP contribution in [0.15, 0.2) is 24.3 Å². The van der Waals surface area contributed by atoms with E-state index in [4.69, 9.17) is 0 Å². The molecular weight excluding hydrogens is 230 g/mol. The third-order valence-electron chi connectivity index (χ3n) is 3.44. The van der Waals surface area contributed by atoms with Crippen molar-refractivity contribution in [2.75, 3.05) is 20.1 Å². The summed E-state index contributed by atoms with van der Waals surface area (Å²) in [5.41, 5.74) is 1.19. The van der Waals surface area contributed by atoms with Gasteiger partial charge >= 0.3 is 0 Å². The van der Waals surface area contributed by atoms with Gasteiger partial charge in [0.05, 0.1) is 4.92 Å². The van der Waals surface area contributed by atoms with Crippen molar-refractivity contribution in [3.63, 3.8) is 0 Å². The molecule has 1 aromatic rings. The van der Waals surface area contributed by atoms with E-state index in [-0.39, 0.29) is 10.6 Å². The molecule has 1 unspecified atom stereocenters. The summed E-state index contributed by atoms with van der Waals surface area (Å²) < 4.78 is 0. The van der Waals surface area contributed by atoms with Crippen LogP contribution in [0.25, 0.3) is 0 Å². The number of nitrogens with one attached hydrogen (secondary N) is 1. The zero-order chi connectivity index (χ0) is 13.0. The number of piperidine rings is 1. The molecule has 98 valence electrons. The zero-order valence-electron chi connectivity index (χ0n) is 10.6. The molecule has 0 radical (unpaired) electrons. The molecule has 1 heterocycles. The second-order valence-electron chi connectivity index (χ2n) is 4.79. The van der Waals surface area contributed by atoms with Crippen molar-refractivity contribution in [3.05, 3.63) is 39.9 Å². The van der Waals surface area contributed by atoms with Crippen LogP contribution >= 0.6 is 0 Å². The Morgan fingerprint density at radius 1 is 1.56 bits per heavy atom. The molecule has 5 heteroatoms. The van der Waals surface area contributed by atoms with E-state index in [1.54, 1.807) is 12.1 Å². The Kier molecular flexibility index (Phi) is 4.28. The standard InChI is InChI=1S/C13H19N3O2/c1-14-12-5-3-7-15(10-12)9-11-4-2-6-13(8-11)16(17)18/h2,4,6,8,12,14H,3,5,7,9-10H2,1H3. The topological polar surface area (TPSA) is 58.4 Å². The maximum absolute atomic E-state index is 10.7. The summed E-state index contributed by atoms with van der Waals surface area (Å²) in [6.45, 7) is 2.87. The third-order valence-corrected chi connectivity index (χ3v) is 3.44. The number of likely N-dealkylation sites (N-methyl/N-ethyl adjacent to an activating group) is 1. The minimum absolute atomic E-state index is 0.176. The van der Waals surface area contributed by atoms with Gasteiger partial charge in [-0.2, -0.15) is 0 Å². The van der Waals surface area contributed by atoms with E-state index in [2.05, 4.69) is 10.2 Å². The van der Waals surface area contributed by atoms with Crippen LogP contribution in [0, 0.1) is 10.1 Å². The van der Waals surface area contributed by atoms with Crippen molar-refractivity contribution < 1.29 is 4.92 Å². The second-order valence-corrected chi connectivity index (χ2v) is 4.79. The van der Waals surface area contributed by atoms with Crippen molar-refractivity contribution >= 4 is 5.69 Å². The highest BCUT2D eigenvalue weighted by molar-refractivity contribution is 5.34. The molecule has 1 aromatic carbocycles. The number of nitro benzene ring substituents is 1. The van der Waals surface area contributed by atoms with Gasteiger partial charge in [-0.15, -0.1) is 0 Å². The summed E-state index contributed by atoms with van der Waals surface area (Å²) in [5.74, 6) is 0. The van der Waals surface area contributed by atoms with Gasteiger partial charge in [-0.3, -0.25) is 15.0 Å². The molecule has 1 saturated heterocycles. The maximum atomic E-state index is 10.7. The quantitative estimate of drug-likeness (QED) is 0.652. The Bertz CT molecular complexity index is 422. The molecule has 1 aliphatic rings. The fourth-order valence-corrected chi connectivity index (χ4v) is 2.46. The Balaban J connectivity index is 2.00. The highest BCUT2D eigenvalue weighted by Gasteiger charge is 2.18. The number of non-ortho nitro benzene ring substituents is 1. The molecule has 1 fully saturated rings. The summed E-state index contributed by atoms with van der Waals surface area (Å²) >= 11 is 0. The highest BCUT2D eigenvalue weighted by atomic mass is 16.6. The van der Waals surface area contributed by atoms with Crippen molar-refractivity contribution in [1.29, 1.82) is 0 Å². The van der Waals surface area contributed by atoms with Gasteiger partial charge in [-0.1, -0.05) is 12.1 Å². The van der Waals surface area contributed by atoms with Crippen molar-refractivity contribution in [2.24, 2.45) is 0 Å². The molecule has 0 aliphatic carbocycles. The molecule has 1 N–H and O–H groups in total. The predicted octanol–water partition coefficient (Wildman–Crippen LogP) is 1.78. The molecule has 1 atom stereocenters. The van der Waals surface area contributed by atoms with Crippen molar-refractivity contribution in [2.45, 2.75) is 25.4 Å². The monoisotopic (exact) mass is 249 g/mol. The van der Waals surface area contributed by atoms with Gasteiger partial charge in [0.25, 0.3) is 5.69 Å². The van der Waals surface area contributed by atoms with E-state index in [0.29, 0.717) is 6.04 Å². The first-order valence-corrected chi connectivity index (χ1v) is 6.32. The minimum atomic E-state index is -0.337. The molecule has 2 rings (SSSR count). The van der Waals surface area contributed by atoms with E-state index in [0.717, 1.165) is 25.2 Å². The summed E-state index contributed by atoms with van der Waals surface area (Å²) in [4.78, 5) is 12.7. The van der Waals surface area contributed by atoms with Crippen LogP contribution in [0.5, 0.6) is 0 Å². The van der Waals surface area contributed by atoms with Crippen LogP contribution in [0.3, 0.4) is 0 Å². The Labute approximate surface area is 107 Å². The SMILES string of the molecule is CNC1CCCN(Cc2cccc([N+](=O)[O-])c2)C1. The van der Waals surface area contributed by atoms with E-state index in [9.17, 15) is 10.1 Å².